The van der Waals surface area contributed by atoms with Crippen molar-refractivity contribution in [2.45, 2.75) is 39.3 Å². The molecule has 1 saturated heterocycles. The van der Waals surface area contributed by atoms with Crippen molar-refractivity contribution >= 4 is 5.65 Å². The van der Waals surface area contributed by atoms with E-state index in [9.17, 15) is 0 Å². The molecule has 3 rings (SSSR count). The van der Waals surface area contributed by atoms with Crippen molar-refractivity contribution in [3.05, 3.63) is 35.8 Å². The fraction of sp³-hybridized carbons (Fsp3) is 0.562. The zero-order valence-corrected chi connectivity index (χ0v) is 12.5. The van der Waals surface area contributed by atoms with Crippen molar-refractivity contribution in [2.24, 2.45) is 0 Å². The van der Waals surface area contributed by atoms with Gasteiger partial charge in [0.25, 0.3) is 0 Å². The number of aromatic nitrogens is 2. The Hall–Kier alpha value is -1.39. The number of aryl methyl sites for hydroxylation is 1. The van der Waals surface area contributed by atoms with Gasteiger partial charge < -0.3 is 14.6 Å². The van der Waals surface area contributed by atoms with Gasteiger partial charge in [-0.15, -0.1) is 0 Å². The van der Waals surface area contributed by atoms with E-state index >= 15 is 0 Å². The second-order valence-corrected chi connectivity index (χ2v) is 5.69. The number of pyridine rings is 1. The average Bonchev–Trinajstić information content (AvgIpc) is 2.81. The largest absolute Gasteiger partial charge is 0.307 e. The number of fused-ring (bicyclic) bond motifs is 1. The van der Waals surface area contributed by atoms with Crippen molar-refractivity contribution in [3.63, 3.8) is 0 Å². The number of imidazole rings is 1. The molecule has 0 spiro atoms. The summed E-state index contributed by atoms with van der Waals surface area (Å²) >= 11 is 0. The van der Waals surface area contributed by atoms with Gasteiger partial charge in [-0.05, 0) is 45.0 Å². The highest BCUT2D eigenvalue weighted by Crippen LogP contribution is 2.14. The summed E-state index contributed by atoms with van der Waals surface area (Å²) in [6.45, 7) is 8.84. The Morgan fingerprint density at radius 1 is 1.40 bits per heavy atom. The van der Waals surface area contributed by atoms with Gasteiger partial charge in [0.05, 0.1) is 11.4 Å². The fourth-order valence-electron chi connectivity index (χ4n) is 3.13. The van der Waals surface area contributed by atoms with Crippen LogP contribution in [-0.2, 0) is 6.54 Å². The molecular weight excluding hydrogens is 248 g/mol. The summed E-state index contributed by atoms with van der Waals surface area (Å²) in [5.74, 6) is 0. The molecule has 1 fully saturated rings. The lowest BCUT2D eigenvalue weighted by molar-refractivity contribution is 0.198. The van der Waals surface area contributed by atoms with Crippen LogP contribution in [0.1, 0.15) is 31.2 Å². The van der Waals surface area contributed by atoms with Gasteiger partial charge in [-0.25, -0.2) is 4.98 Å². The summed E-state index contributed by atoms with van der Waals surface area (Å²) in [5.41, 5.74) is 3.46. The van der Waals surface area contributed by atoms with E-state index in [0.717, 1.165) is 24.4 Å². The fourth-order valence-corrected chi connectivity index (χ4v) is 3.13. The Bertz CT molecular complexity index is 575. The smallest absolute Gasteiger partial charge is 0.137 e. The van der Waals surface area contributed by atoms with E-state index < -0.39 is 0 Å². The minimum atomic E-state index is 0.609. The molecule has 1 N–H and O–H groups in total. The van der Waals surface area contributed by atoms with Crippen molar-refractivity contribution in [1.29, 1.82) is 0 Å². The predicted molar refractivity (Wildman–Crippen MR) is 81.9 cm³/mol. The standard InChI is InChI=1S/C16H24N4/c1-3-19-9-6-7-14(12-19)17-11-15-13(2)18-16-8-4-5-10-20(15)16/h4-5,8,10,14,17H,3,6-7,9,11-12H2,1-2H3. The molecule has 0 aromatic carbocycles. The van der Waals surface area contributed by atoms with E-state index in [0.29, 0.717) is 6.04 Å². The van der Waals surface area contributed by atoms with Crippen LogP contribution in [0.3, 0.4) is 0 Å². The molecule has 0 bridgehead atoms. The van der Waals surface area contributed by atoms with Crippen LogP contribution in [0.2, 0.25) is 0 Å². The van der Waals surface area contributed by atoms with Crippen LogP contribution in [0, 0.1) is 6.92 Å². The van der Waals surface area contributed by atoms with E-state index in [2.05, 4.69) is 51.8 Å². The molecule has 2 aromatic heterocycles. The van der Waals surface area contributed by atoms with Gasteiger partial charge in [0.2, 0.25) is 0 Å². The maximum Gasteiger partial charge on any atom is 0.137 e. The normalized spacial score (nSPS) is 20.6. The maximum atomic E-state index is 4.62. The van der Waals surface area contributed by atoms with Crippen LogP contribution in [0.25, 0.3) is 5.65 Å². The molecule has 0 amide bonds. The van der Waals surface area contributed by atoms with Gasteiger partial charge >= 0.3 is 0 Å². The van der Waals surface area contributed by atoms with E-state index in [4.69, 9.17) is 0 Å². The first kappa shape index (κ1) is 13.6. The third-order valence-corrected chi connectivity index (χ3v) is 4.34. The van der Waals surface area contributed by atoms with Crippen LogP contribution in [-0.4, -0.2) is 40.0 Å². The van der Waals surface area contributed by atoms with Gasteiger partial charge in [0.15, 0.2) is 0 Å². The molecule has 0 saturated carbocycles. The lowest BCUT2D eigenvalue weighted by Crippen LogP contribution is -2.45. The lowest BCUT2D eigenvalue weighted by atomic mass is 10.1. The Morgan fingerprint density at radius 3 is 3.15 bits per heavy atom. The zero-order valence-electron chi connectivity index (χ0n) is 12.5. The number of hydrogen-bond donors (Lipinski definition) is 1. The molecule has 2 aromatic rings. The van der Waals surface area contributed by atoms with Crippen LogP contribution < -0.4 is 5.32 Å². The summed E-state index contributed by atoms with van der Waals surface area (Å²) in [5, 5.41) is 3.72. The molecule has 0 aliphatic carbocycles. The lowest BCUT2D eigenvalue weighted by Gasteiger charge is -2.32. The van der Waals surface area contributed by atoms with E-state index in [1.807, 2.05) is 6.07 Å². The molecule has 1 aliphatic heterocycles. The number of piperidine rings is 1. The zero-order chi connectivity index (χ0) is 13.9. The second kappa shape index (κ2) is 5.94. The van der Waals surface area contributed by atoms with Gasteiger partial charge in [-0.1, -0.05) is 13.0 Å². The molecule has 3 heterocycles. The van der Waals surface area contributed by atoms with Crippen molar-refractivity contribution < 1.29 is 0 Å². The minimum Gasteiger partial charge on any atom is -0.307 e. The minimum absolute atomic E-state index is 0.609. The summed E-state index contributed by atoms with van der Waals surface area (Å²) in [7, 11) is 0. The van der Waals surface area contributed by atoms with Crippen LogP contribution in [0.15, 0.2) is 24.4 Å². The highest BCUT2D eigenvalue weighted by atomic mass is 15.2. The molecule has 4 nitrogen and oxygen atoms in total. The van der Waals surface area contributed by atoms with E-state index in [-0.39, 0.29) is 0 Å². The average molecular weight is 272 g/mol. The van der Waals surface area contributed by atoms with Crippen molar-refractivity contribution in [1.82, 2.24) is 19.6 Å². The number of likely N-dealkylation sites (N-methyl/N-ethyl adjacent to an activating group) is 1. The molecule has 1 aliphatic rings. The highest BCUT2D eigenvalue weighted by molar-refractivity contribution is 5.42. The van der Waals surface area contributed by atoms with Crippen molar-refractivity contribution in [3.8, 4) is 0 Å². The second-order valence-electron chi connectivity index (χ2n) is 5.69. The third-order valence-electron chi connectivity index (χ3n) is 4.34. The third kappa shape index (κ3) is 2.72. The summed E-state index contributed by atoms with van der Waals surface area (Å²) in [6.07, 6.45) is 4.69. The molecule has 1 atom stereocenters. The van der Waals surface area contributed by atoms with Gasteiger partial charge in [-0.3, -0.25) is 0 Å². The number of nitrogens with one attached hydrogen (secondary N) is 1. The Balaban J connectivity index is 1.69. The number of likely N-dealkylation sites (tertiary alicyclic amines) is 1. The van der Waals surface area contributed by atoms with E-state index in [1.165, 1.54) is 31.6 Å². The molecule has 0 radical (unpaired) electrons. The topological polar surface area (TPSA) is 32.6 Å². The monoisotopic (exact) mass is 272 g/mol. The van der Waals surface area contributed by atoms with Gasteiger partial charge in [-0.2, -0.15) is 0 Å². The first-order valence-corrected chi connectivity index (χ1v) is 7.66. The maximum absolute atomic E-state index is 4.62. The number of rotatable bonds is 4. The quantitative estimate of drug-likeness (QED) is 0.926. The Morgan fingerprint density at radius 2 is 2.30 bits per heavy atom. The van der Waals surface area contributed by atoms with E-state index in [1.54, 1.807) is 0 Å². The molecule has 108 valence electrons. The van der Waals surface area contributed by atoms with Crippen LogP contribution in [0.5, 0.6) is 0 Å². The van der Waals surface area contributed by atoms with Gasteiger partial charge in [0.1, 0.15) is 5.65 Å². The van der Waals surface area contributed by atoms with Crippen LogP contribution >= 0.6 is 0 Å². The van der Waals surface area contributed by atoms with Crippen LogP contribution in [0.4, 0.5) is 0 Å². The summed E-state index contributed by atoms with van der Waals surface area (Å²) < 4.78 is 2.20. The number of hydrogen-bond acceptors (Lipinski definition) is 3. The molecule has 20 heavy (non-hydrogen) atoms. The molecular formula is C16H24N4. The Labute approximate surface area is 120 Å². The summed E-state index contributed by atoms with van der Waals surface area (Å²) in [6, 6.07) is 6.78. The molecule has 4 heteroatoms. The predicted octanol–water partition coefficient (Wildman–Crippen LogP) is 2.22. The van der Waals surface area contributed by atoms with Gasteiger partial charge in [0, 0.05) is 25.3 Å². The molecule has 1 unspecified atom stereocenters. The number of nitrogens with zero attached hydrogens (tertiary/aromatic N) is 3. The SMILES string of the molecule is CCN1CCCC(NCc2c(C)nc3ccccn23)C1. The van der Waals surface area contributed by atoms with Crippen molar-refractivity contribution in [2.75, 3.05) is 19.6 Å². The Kier molecular flexibility index (Phi) is 4.03. The highest BCUT2D eigenvalue weighted by Gasteiger charge is 2.19. The first-order chi connectivity index (χ1) is 9.78. The summed E-state index contributed by atoms with van der Waals surface area (Å²) in [4.78, 5) is 7.15. The first-order valence-electron chi connectivity index (χ1n) is 7.66.